The molecule has 1 aliphatic heterocycles. The molecule has 0 unspecified atom stereocenters. The molecule has 2 rings (SSSR count). The number of rotatable bonds is 0. The molecule has 2 nitrogen and oxygen atoms in total. The lowest BCUT2D eigenvalue weighted by molar-refractivity contribution is 0.203. The average molecular weight is 176 g/mol. The van der Waals surface area contributed by atoms with Crippen molar-refractivity contribution in [2.45, 2.75) is 6.42 Å². The Bertz CT molecular complexity index is 286. The SMILES string of the molecule is CN1CC2=CC=CCC=C2N(C)C1. The van der Waals surface area contributed by atoms with Crippen molar-refractivity contribution in [1.82, 2.24) is 9.80 Å². The Labute approximate surface area is 79.8 Å². The van der Waals surface area contributed by atoms with Crippen LogP contribution in [0.25, 0.3) is 0 Å². The summed E-state index contributed by atoms with van der Waals surface area (Å²) in [4.78, 5) is 4.63. The number of hydrogen-bond acceptors (Lipinski definition) is 2. The first-order chi connectivity index (χ1) is 6.27. The molecular formula is C11H16N2. The van der Waals surface area contributed by atoms with Crippen LogP contribution in [0, 0.1) is 0 Å². The van der Waals surface area contributed by atoms with E-state index in [2.05, 4.69) is 48.2 Å². The van der Waals surface area contributed by atoms with Gasteiger partial charge in [0.25, 0.3) is 0 Å². The van der Waals surface area contributed by atoms with Gasteiger partial charge in [-0.25, -0.2) is 0 Å². The van der Waals surface area contributed by atoms with Gasteiger partial charge in [-0.3, -0.25) is 4.90 Å². The quantitative estimate of drug-likeness (QED) is 0.553. The van der Waals surface area contributed by atoms with Gasteiger partial charge in [-0.05, 0) is 19.0 Å². The second-order valence-corrected chi connectivity index (χ2v) is 3.80. The van der Waals surface area contributed by atoms with Gasteiger partial charge in [-0.1, -0.05) is 24.3 Å². The molecule has 1 aliphatic carbocycles. The Morgan fingerprint density at radius 3 is 3.00 bits per heavy atom. The fraction of sp³-hybridized carbons (Fsp3) is 0.455. The molecule has 0 amide bonds. The summed E-state index contributed by atoms with van der Waals surface area (Å²) in [6.07, 6.45) is 9.95. The van der Waals surface area contributed by atoms with Gasteiger partial charge in [0.1, 0.15) is 0 Å². The standard InChI is InChI=1S/C11H16N2/c1-12-8-10-6-4-3-5-7-11(10)13(2)9-12/h3-4,6-7H,5,8-9H2,1-2H3. The van der Waals surface area contributed by atoms with Crippen LogP contribution in [-0.4, -0.2) is 37.1 Å². The van der Waals surface area contributed by atoms with Crippen LogP contribution in [0.4, 0.5) is 0 Å². The van der Waals surface area contributed by atoms with Gasteiger partial charge < -0.3 is 4.90 Å². The Kier molecular flexibility index (Phi) is 2.23. The molecule has 0 bridgehead atoms. The van der Waals surface area contributed by atoms with Crippen molar-refractivity contribution in [1.29, 1.82) is 0 Å². The third kappa shape index (κ3) is 1.68. The minimum Gasteiger partial charge on any atom is -0.362 e. The Hall–Kier alpha value is -1.02. The molecule has 0 aromatic heterocycles. The van der Waals surface area contributed by atoms with Crippen molar-refractivity contribution in [3.05, 3.63) is 35.6 Å². The van der Waals surface area contributed by atoms with Crippen LogP contribution in [-0.2, 0) is 0 Å². The summed E-state index contributed by atoms with van der Waals surface area (Å²) in [6.45, 7) is 2.10. The van der Waals surface area contributed by atoms with Crippen LogP contribution >= 0.6 is 0 Å². The molecule has 0 saturated carbocycles. The van der Waals surface area contributed by atoms with E-state index in [1.165, 1.54) is 11.3 Å². The summed E-state index contributed by atoms with van der Waals surface area (Å²) in [6, 6.07) is 0. The molecule has 70 valence electrons. The third-order valence-electron chi connectivity index (χ3n) is 2.51. The highest BCUT2D eigenvalue weighted by molar-refractivity contribution is 5.37. The Morgan fingerprint density at radius 1 is 1.31 bits per heavy atom. The fourth-order valence-corrected chi connectivity index (χ4v) is 1.97. The van der Waals surface area contributed by atoms with E-state index >= 15 is 0 Å². The largest absolute Gasteiger partial charge is 0.362 e. The summed E-state index contributed by atoms with van der Waals surface area (Å²) in [5.74, 6) is 0. The van der Waals surface area contributed by atoms with Gasteiger partial charge in [-0.2, -0.15) is 0 Å². The van der Waals surface area contributed by atoms with Crippen molar-refractivity contribution in [2.24, 2.45) is 0 Å². The first-order valence-corrected chi connectivity index (χ1v) is 4.73. The molecule has 1 saturated heterocycles. The second-order valence-electron chi connectivity index (χ2n) is 3.80. The minimum atomic E-state index is 1.03. The summed E-state index contributed by atoms with van der Waals surface area (Å²) >= 11 is 0. The van der Waals surface area contributed by atoms with Crippen molar-refractivity contribution in [2.75, 3.05) is 27.3 Å². The van der Waals surface area contributed by atoms with Crippen molar-refractivity contribution in [3.8, 4) is 0 Å². The van der Waals surface area contributed by atoms with Gasteiger partial charge >= 0.3 is 0 Å². The lowest BCUT2D eigenvalue weighted by Gasteiger charge is -2.36. The summed E-state index contributed by atoms with van der Waals surface area (Å²) in [5.41, 5.74) is 2.84. The van der Waals surface area contributed by atoms with Crippen LogP contribution in [0.3, 0.4) is 0 Å². The van der Waals surface area contributed by atoms with Crippen LogP contribution in [0.2, 0.25) is 0 Å². The molecule has 0 radical (unpaired) electrons. The molecule has 1 fully saturated rings. The number of likely N-dealkylation sites (N-methyl/N-ethyl adjacent to an activating group) is 2. The van der Waals surface area contributed by atoms with Crippen molar-refractivity contribution < 1.29 is 0 Å². The molecule has 0 aromatic carbocycles. The van der Waals surface area contributed by atoms with Gasteiger partial charge in [0.2, 0.25) is 0 Å². The van der Waals surface area contributed by atoms with E-state index in [9.17, 15) is 0 Å². The zero-order valence-electron chi connectivity index (χ0n) is 8.33. The van der Waals surface area contributed by atoms with Gasteiger partial charge in [0.15, 0.2) is 0 Å². The predicted octanol–water partition coefficient (Wildman–Crippen LogP) is 1.59. The van der Waals surface area contributed by atoms with Crippen LogP contribution in [0.15, 0.2) is 35.6 Å². The first-order valence-electron chi connectivity index (χ1n) is 4.73. The monoisotopic (exact) mass is 176 g/mol. The summed E-state index contributed by atoms with van der Waals surface area (Å²) in [5, 5.41) is 0. The molecule has 0 aromatic rings. The van der Waals surface area contributed by atoms with E-state index in [0.29, 0.717) is 0 Å². The maximum Gasteiger partial charge on any atom is 0.0704 e. The van der Waals surface area contributed by atoms with Crippen LogP contribution in [0.1, 0.15) is 6.42 Å². The maximum atomic E-state index is 2.32. The zero-order chi connectivity index (χ0) is 9.26. The molecule has 0 atom stereocenters. The Balaban J connectivity index is 2.29. The van der Waals surface area contributed by atoms with Gasteiger partial charge in [0, 0.05) is 19.3 Å². The zero-order valence-corrected chi connectivity index (χ0v) is 8.33. The van der Waals surface area contributed by atoms with Gasteiger partial charge in [-0.15, -0.1) is 0 Å². The predicted molar refractivity (Wildman–Crippen MR) is 55.2 cm³/mol. The third-order valence-corrected chi connectivity index (χ3v) is 2.51. The normalized spacial score (nSPS) is 23.4. The van der Waals surface area contributed by atoms with Crippen molar-refractivity contribution >= 4 is 0 Å². The minimum absolute atomic E-state index is 1.03. The molecule has 2 heteroatoms. The topological polar surface area (TPSA) is 6.48 Å². The van der Waals surface area contributed by atoms with E-state index in [-0.39, 0.29) is 0 Å². The molecule has 13 heavy (non-hydrogen) atoms. The van der Waals surface area contributed by atoms with E-state index in [4.69, 9.17) is 0 Å². The number of hydrogen-bond donors (Lipinski definition) is 0. The molecule has 0 spiro atoms. The smallest absolute Gasteiger partial charge is 0.0704 e. The molecular weight excluding hydrogens is 160 g/mol. The lowest BCUT2D eigenvalue weighted by atomic mass is 10.1. The van der Waals surface area contributed by atoms with E-state index in [0.717, 1.165) is 19.6 Å². The highest BCUT2D eigenvalue weighted by Gasteiger charge is 2.19. The van der Waals surface area contributed by atoms with Crippen LogP contribution < -0.4 is 0 Å². The number of allylic oxidation sites excluding steroid dienone is 4. The highest BCUT2D eigenvalue weighted by atomic mass is 15.3. The van der Waals surface area contributed by atoms with E-state index < -0.39 is 0 Å². The average Bonchev–Trinajstić information content (AvgIpc) is 2.28. The fourth-order valence-electron chi connectivity index (χ4n) is 1.97. The van der Waals surface area contributed by atoms with E-state index in [1.807, 2.05) is 0 Å². The number of nitrogens with zero attached hydrogens (tertiary/aromatic N) is 2. The summed E-state index contributed by atoms with van der Waals surface area (Å²) < 4.78 is 0. The number of fused-ring (bicyclic) bond motifs is 1. The highest BCUT2D eigenvalue weighted by Crippen LogP contribution is 2.22. The molecule has 0 N–H and O–H groups in total. The van der Waals surface area contributed by atoms with Gasteiger partial charge in [0.05, 0.1) is 6.67 Å². The summed E-state index contributed by atoms with van der Waals surface area (Å²) in [7, 11) is 4.31. The Morgan fingerprint density at radius 2 is 2.15 bits per heavy atom. The van der Waals surface area contributed by atoms with E-state index in [1.54, 1.807) is 0 Å². The first kappa shape index (κ1) is 8.57. The van der Waals surface area contributed by atoms with Crippen molar-refractivity contribution in [3.63, 3.8) is 0 Å². The lowest BCUT2D eigenvalue weighted by Crippen LogP contribution is -2.40. The molecule has 1 heterocycles. The second kappa shape index (κ2) is 3.38. The maximum absolute atomic E-state index is 2.32. The van der Waals surface area contributed by atoms with Crippen LogP contribution in [0.5, 0.6) is 0 Å². The molecule has 2 aliphatic rings.